The fourth-order valence-electron chi connectivity index (χ4n) is 1.22. The summed E-state index contributed by atoms with van der Waals surface area (Å²) in [5.74, 6) is 0. The van der Waals surface area contributed by atoms with Crippen LogP contribution in [-0.2, 0) is 6.42 Å². The molecule has 0 aliphatic heterocycles. The summed E-state index contributed by atoms with van der Waals surface area (Å²) in [6.45, 7) is 2.02. The second-order valence-corrected chi connectivity index (χ2v) is 4.11. The Bertz CT molecular complexity index is 437. The summed E-state index contributed by atoms with van der Waals surface area (Å²) < 4.78 is 0. The number of halogens is 2. The Balaban J connectivity index is 0.00000256. The van der Waals surface area contributed by atoms with Gasteiger partial charge in [-0.05, 0) is 18.1 Å². The van der Waals surface area contributed by atoms with Crippen LogP contribution >= 0.6 is 36.2 Å². The minimum absolute atomic E-state index is 0. The molecule has 1 rings (SSSR count). The lowest BCUT2D eigenvalue weighted by Crippen LogP contribution is -2.31. The van der Waals surface area contributed by atoms with E-state index < -0.39 is 6.09 Å². The first kappa shape index (κ1) is 16.2. The highest BCUT2D eigenvalue weighted by Gasteiger charge is 2.15. The van der Waals surface area contributed by atoms with Crippen LogP contribution in [0.4, 0.5) is 4.79 Å². The van der Waals surface area contributed by atoms with Gasteiger partial charge in [0.1, 0.15) is 4.99 Å². The molecule has 1 amide bonds. The molecule has 0 atom stereocenters. The maximum Gasteiger partial charge on any atom is 0.412 e. The molecule has 6 heteroatoms. The standard InChI is InChI=1S/C11H12ClNO2S.ClH/c1-3-7-4-5-8(9(12)6-7)10(16)13(2)11(14)15;/h4-6H,3H2,1-2H3,(H,14,15);1H. The number of carboxylic acid groups (broad SMARTS) is 1. The number of carbonyl (C=O) groups is 1. The molecule has 1 aromatic carbocycles. The van der Waals surface area contributed by atoms with Crippen molar-refractivity contribution in [2.75, 3.05) is 7.05 Å². The molecule has 0 saturated carbocycles. The second kappa shape index (κ2) is 6.79. The van der Waals surface area contributed by atoms with Crippen molar-refractivity contribution in [1.82, 2.24) is 4.90 Å². The molecule has 3 nitrogen and oxygen atoms in total. The van der Waals surface area contributed by atoms with Crippen molar-refractivity contribution in [2.24, 2.45) is 0 Å². The summed E-state index contributed by atoms with van der Waals surface area (Å²) >= 11 is 11.1. The molecule has 0 unspecified atom stereocenters. The zero-order valence-electron chi connectivity index (χ0n) is 9.44. The number of rotatable bonds is 2. The third-order valence-corrected chi connectivity index (χ3v) is 3.07. The Labute approximate surface area is 117 Å². The third kappa shape index (κ3) is 3.84. The molecule has 0 heterocycles. The predicted octanol–water partition coefficient (Wildman–Crippen LogP) is 3.61. The van der Waals surface area contributed by atoms with Crippen molar-refractivity contribution in [1.29, 1.82) is 0 Å². The Morgan fingerprint density at radius 2 is 2.12 bits per heavy atom. The van der Waals surface area contributed by atoms with E-state index in [1.165, 1.54) is 7.05 Å². The molecule has 0 spiro atoms. The number of aryl methyl sites for hydroxylation is 1. The van der Waals surface area contributed by atoms with Gasteiger partial charge in [-0.15, -0.1) is 12.4 Å². The van der Waals surface area contributed by atoms with Crippen molar-refractivity contribution >= 4 is 47.3 Å². The van der Waals surface area contributed by atoms with Crippen LogP contribution in [0.2, 0.25) is 5.02 Å². The van der Waals surface area contributed by atoms with E-state index in [9.17, 15) is 4.79 Å². The average molecular weight is 294 g/mol. The normalized spacial score (nSPS) is 9.35. The summed E-state index contributed by atoms with van der Waals surface area (Å²) in [7, 11) is 1.40. The van der Waals surface area contributed by atoms with Crippen molar-refractivity contribution in [3.63, 3.8) is 0 Å². The Morgan fingerprint density at radius 3 is 2.53 bits per heavy atom. The largest absolute Gasteiger partial charge is 0.465 e. The van der Waals surface area contributed by atoms with Gasteiger partial charge in [0, 0.05) is 12.6 Å². The first-order valence-electron chi connectivity index (χ1n) is 4.76. The van der Waals surface area contributed by atoms with E-state index in [1.54, 1.807) is 12.1 Å². The van der Waals surface area contributed by atoms with E-state index in [4.69, 9.17) is 28.9 Å². The van der Waals surface area contributed by atoms with Gasteiger partial charge < -0.3 is 5.11 Å². The fraction of sp³-hybridized carbons (Fsp3) is 0.273. The number of hydrogen-bond donors (Lipinski definition) is 1. The number of amides is 1. The Morgan fingerprint density at radius 1 is 1.53 bits per heavy atom. The minimum atomic E-state index is -1.10. The quantitative estimate of drug-likeness (QED) is 0.847. The second-order valence-electron chi connectivity index (χ2n) is 3.31. The van der Waals surface area contributed by atoms with Gasteiger partial charge in [-0.1, -0.05) is 42.9 Å². The summed E-state index contributed by atoms with van der Waals surface area (Å²) in [6, 6.07) is 5.45. The lowest BCUT2D eigenvalue weighted by molar-refractivity contribution is 0.176. The molecule has 1 N–H and O–H groups in total. The SMILES string of the molecule is CCc1ccc(C(=S)N(C)C(=O)O)c(Cl)c1.Cl. The van der Waals surface area contributed by atoms with E-state index in [0.29, 0.717) is 10.6 Å². The molecule has 0 bridgehead atoms. The summed E-state index contributed by atoms with van der Waals surface area (Å²) in [6.07, 6.45) is -0.220. The topological polar surface area (TPSA) is 40.5 Å². The Kier molecular flexibility index (Phi) is 6.45. The van der Waals surface area contributed by atoms with Crippen LogP contribution in [0.15, 0.2) is 18.2 Å². The van der Waals surface area contributed by atoms with Gasteiger partial charge in [0.15, 0.2) is 0 Å². The first-order chi connectivity index (χ1) is 7.47. The van der Waals surface area contributed by atoms with Crippen molar-refractivity contribution in [3.05, 3.63) is 34.3 Å². The first-order valence-corrected chi connectivity index (χ1v) is 5.55. The summed E-state index contributed by atoms with van der Waals surface area (Å²) in [5, 5.41) is 9.28. The van der Waals surface area contributed by atoms with E-state index >= 15 is 0 Å². The minimum Gasteiger partial charge on any atom is -0.465 e. The number of benzene rings is 1. The molecule has 1 aromatic rings. The average Bonchev–Trinajstić information content (AvgIpc) is 2.26. The van der Waals surface area contributed by atoms with Crippen molar-refractivity contribution in [2.45, 2.75) is 13.3 Å². The highest BCUT2D eigenvalue weighted by atomic mass is 35.5. The van der Waals surface area contributed by atoms with Gasteiger partial charge >= 0.3 is 6.09 Å². The van der Waals surface area contributed by atoms with Crippen LogP contribution in [0.3, 0.4) is 0 Å². The highest BCUT2D eigenvalue weighted by Crippen LogP contribution is 2.20. The maximum absolute atomic E-state index is 10.7. The highest BCUT2D eigenvalue weighted by molar-refractivity contribution is 7.80. The van der Waals surface area contributed by atoms with Crippen LogP contribution in [0.25, 0.3) is 0 Å². The number of nitrogens with zero attached hydrogens (tertiary/aromatic N) is 1. The van der Waals surface area contributed by atoms with E-state index in [-0.39, 0.29) is 17.4 Å². The Hall–Kier alpha value is -0.840. The smallest absolute Gasteiger partial charge is 0.412 e. The van der Waals surface area contributed by atoms with Gasteiger partial charge in [-0.3, -0.25) is 4.90 Å². The lowest BCUT2D eigenvalue weighted by Gasteiger charge is -2.15. The van der Waals surface area contributed by atoms with Gasteiger partial charge in [-0.25, -0.2) is 4.79 Å². The zero-order chi connectivity index (χ0) is 12.3. The number of hydrogen-bond acceptors (Lipinski definition) is 2. The maximum atomic E-state index is 10.7. The van der Waals surface area contributed by atoms with Gasteiger partial charge in [-0.2, -0.15) is 0 Å². The molecule has 17 heavy (non-hydrogen) atoms. The van der Waals surface area contributed by atoms with Crippen LogP contribution in [-0.4, -0.2) is 28.1 Å². The molecule has 0 saturated heterocycles. The zero-order valence-corrected chi connectivity index (χ0v) is 11.8. The predicted molar refractivity (Wildman–Crippen MR) is 75.6 cm³/mol. The number of thiocarbonyl (C=S) groups is 1. The lowest BCUT2D eigenvalue weighted by atomic mass is 10.1. The molecule has 0 aliphatic rings. The van der Waals surface area contributed by atoms with Crippen molar-refractivity contribution < 1.29 is 9.90 Å². The van der Waals surface area contributed by atoms with Crippen LogP contribution < -0.4 is 0 Å². The van der Waals surface area contributed by atoms with E-state index in [2.05, 4.69) is 0 Å². The fourth-order valence-corrected chi connectivity index (χ4v) is 1.82. The van der Waals surface area contributed by atoms with Crippen LogP contribution in [0.5, 0.6) is 0 Å². The van der Waals surface area contributed by atoms with E-state index in [1.807, 2.05) is 13.0 Å². The molecule has 0 aromatic heterocycles. The third-order valence-electron chi connectivity index (χ3n) is 2.26. The van der Waals surface area contributed by atoms with Gasteiger partial charge in [0.25, 0.3) is 0 Å². The van der Waals surface area contributed by atoms with Crippen LogP contribution in [0.1, 0.15) is 18.1 Å². The van der Waals surface area contributed by atoms with Gasteiger partial charge in [0.2, 0.25) is 0 Å². The van der Waals surface area contributed by atoms with E-state index in [0.717, 1.165) is 16.9 Å². The van der Waals surface area contributed by atoms with Crippen molar-refractivity contribution in [3.8, 4) is 0 Å². The molecule has 0 radical (unpaired) electrons. The van der Waals surface area contributed by atoms with Gasteiger partial charge in [0.05, 0.1) is 5.02 Å². The monoisotopic (exact) mass is 293 g/mol. The molecule has 0 fully saturated rings. The molecular formula is C11H13Cl2NO2S. The summed E-state index contributed by atoms with van der Waals surface area (Å²) in [4.78, 5) is 11.9. The molecule has 94 valence electrons. The summed E-state index contributed by atoms with van der Waals surface area (Å²) in [5.41, 5.74) is 1.66. The van der Waals surface area contributed by atoms with Crippen LogP contribution in [0, 0.1) is 0 Å². The molecule has 0 aliphatic carbocycles. The molecular weight excluding hydrogens is 281 g/mol.